The van der Waals surface area contributed by atoms with Gasteiger partial charge in [-0.3, -0.25) is 9.88 Å². The third-order valence-electron chi connectivity index (χ3n) is 4.67. The SMILES string of the molecule is CCN(CC)Cc1cc2c(F)cccc2nc1CNc1ncnc(N)c1C#N. The van der Waals surface area contributed by atoms with E-state index in [1.165, 1.54) is 12.4 Å². The van der Waals surface area contributed by atoms with Gasteiger partial charge in [-0.1, -0.05) is 19.9 Å². The molecule has 28 heavy (non-hydrogen) atoms. The number of nitrogens with zero attached hydrogens (tertiary/aromatic N) is 5. The monoisotopic (exact) mass is 379 g/mol. The summed E-state index contributed by atoms with van der Waals surface area (Å²) in [5.41, 5.74) is 8.22. The molecule has 0 radical (unpaired) electrons. The molecule has 0 unspecified atom stereocenters. The number of benzene rings is 1. The van der Waals surface area contributed by atoms with E-state index in [4.69, 9.17) is 5.73 Å². The lowest BCUT2D eigenvalue weighted by Crippen LogP contribution is -2.23. The maximum atomic E-state index is 14.3. The summed E-state index contributed by atoms with van der Waals surface area (Å²) >= 11 is 0. The molecule has 0 aliphatic carbocycles. The molecule has 7 nitrogen and oxygen atoms in total. The number of nitrogens with two attached hydrogens (primary N) is 1. The number of fused-ring (bicyclic) bond motifs is 1. The van der Waals surface area contributed by atoms with Crippen LogP contribution in [0, 0.1) is 17.1 Å². The fourth-order valence-electron chi connectivity index (χ4n) is 3.03. The summed E-state index contributed by atoms with van der Waals surface area (Å²) in [7, 11) is 0. The summed E-state index contributed by atoms with van der Waals surface area (Å²) in [6, 6.07) is 8.73. The Bertz CT molecular complexity index is 1020. The van der Waals surface area contributed by atoms with Crippen LogP contribution in [0.3, 0.4) is 0 Å². The zero-order chi connectivity index (χ0) is 20.1. The lowest BCUT2D eigenvalue weighted by Gasteiger charge is -2.20. The number of hydrogen-bond donors (Lipinski definition) is 2. The number of nitrogen functional groups attached to an aromatic ring is 1. The normalized spacial score (nSPS) is 11.0. The van der Waals surface area contributed by atoms with E-state index in [9.17, 15) is 9.65 Å². The summed E-state index contributed by atoms with van der Waals surface area (Å²) in [6.07, 6.45) is 1.30. The third kappa shape index (κ3) is 4.00. The minimum atomic E-state index is -0.291. The van der Waals surface area contributed by atoms with Crippen LogP contribution < -0.4 is 11.1 Å². The van der Waals surface area contributed by atoms with Gasteiger partial charge in [-0.15, -0.1) is 0 Å². The molecule has 0 fully saturated rings. The van der Waals surface area contributed by atoms with E-state index >= 15 is 0 Å². The Morgan fingerprint density at radius 2 is 2.04 bits per heavy atom. The molecular weight excluding hydrogens is 357 g/mol. The average molecular weight is 379 g/mol. The molecular formula is C20H22FN7. The molecule has 0 aliphatic heterocycles. The van der Waals surface area contributed by atoms with Crippen LogP contribution in [0.5, 0.6) is 0 Å². The van der Waals surface area contributed by atoms with Crippen LogP contribution in [0.1, 0.15) is 30.7 Å². The van der Waals surface area contributed by atoms with E-state index in [0.29, 0.717) is 29.8 Å². The van der Waals surface area contributed by atoms with Gasteiger partial charge >= 0.3 is 0 Å². The van der Waals surface area contributed by atoms with Gasteiger partial charge in [0.25, 0.3) is 0 Å². The van der Waals surface area contributed by atoms with Crippen LogP contribution >= 0.6 is 0 Å². The molecule has 0 spiro atoms. The molecule has 144 valence electrons. The maximum Gasteiger partial charge on any atom is 0.149 e. The van der Waals surface area contributed by atoms with E-state index in [2.05, 4.69) is 39.0 Å². The van der Waals surface area contributed by atoms with Crippen LogP contribution in [-0.2, 0) is 13.1 Å². The Morgan fingerprint density at radius 3 is 2.75 bits per heavy atom. The third-order valence-corrected chi connectivity index (χ3v) is 4.67. The number of nitrogens with one attached hydrogen (secondary N) is 1. The Labute approximate surface area is 163 Å². The molecule has 8 heteroatoms. The second kappa shape index (κ2) is 8.59. The van der Waals surface area contributed by atoms with Crippen molar-refractivity contribution in [2.24, 2.45) is 0 Å². The van der Waals surface area contributed by atoms with Gasteiger partial charge in [-0.05, 0) is 36.9 Å². The van der Waals surface area contributed by atoms with Gasteiger partial charge in [-0.2, -0.15) is 5.26 Å². The minimum absolute atomic E-state index is 0.122. The zero-order valence-corrected chi connectivity index (χ0v) is 15.9. The van der Waals surface area contributed by atoms with Crippen LogP contribution in [0.2, 0.25) is 0 Å². The second-order valence-electron chi connectivity index (χ2n) is 6.31. The van der Waals surface area contributed by atoms with Crippen LogP contribution in [0.4, 0.5) is 16.0 Å². The molecule has 0 aliphatic rings. The highest BCUT2D eigenvalue weighted by atomic mass is 19.1. The first kappa shape index (κ1) is 19.5. The summed E-state index contributed by atoms with van der Waals surface area (Å²) in [4.78, 5) is 14.8. The average Bonchev–Trinajstić information content (AvgIpc) is 2.70. The summed E-state index contributed by atoms with van der Waals surface area (Å²) in [6.45, 7) is 6.89. The van der Waals surface area contributed by atoms with Gasteiger partial charge in [0.2, 0.25) is 0 Å². The van der Waals surface area contributed by atoms with Gasteiger partial charge < -0.3 is 11.1 Å². The number of hydrogen-bond acceptors (Lipinski definition) is 7. The molecule has 0 saturated carbocycles. The van der Waals surface area contributed by atoms with Crippen molar-refractivity contribution in [3.8, 4) is 6.07 Å². The largest absolute Gasteiger partial charge is 0.382 e. The first-order valence-electron chi connectivity index (χ1n) is 9.11. The first-order valence-corrected chi connectivity index (χ1v) is 9.11. The number of nitriles is 1. The van der Waals surface area contributed by atoms with Crippen LogP contribution in [0.15, 0.2) is 30.6 Å². The van der Waals surface area contributed by atoms with Gasteiger partial charge in [0.1, 0.15) is 35.4 Å². The van der Waals surface area contributed by atoms with Gasteiger partial charge in [0.05, 0.1) is 17.8 Å². The predicted octanol–water partition coefficient (Wildman–Crippen LogP) is 3.07. The Balaban J connectivity index is 1.99. The number of pyridine rings is 1. The second-order valence-corrected chi connectivity index (χ2v) is 6.31. The van der Waals surface area contributed by atoms with Gasteiger partial charge in [0.15, 0.2) is 0 Å². The van der Waals surface area contributed by atoms with Crippen molar-refractivity contribution in [1.82, 2.24) is 19.9 Å². The van der Waals surface area contributed by atoms with Crippen molar-refractivity contribution < 1.29 is 4.39 Å². The van der Waals surface area contributed by atoms with Crippen molar-refractivity contribution in [2.75, 3.05) is 24.1 Å². The van der Waals surface area contributed by atoms with Crippen molar-refractivity contribution in [3.63, 3.8) is 0 Å². The van der Waals surface area contributed by atoms with Gasteiger partial charge in [-0.25, -0.2) is 14.4 Å². The molecule has 2 aromatic heterocycles. The van der Waals surface area contributed by atoms with E-state index in [0.717, 1.165) is 24.3 Å². The number of anilines is 2. The van der Waals surface area contributed by atoms with Crippen molar-refractivity contribution in [2.45, 2.75) is 26.9 Å². The molecule has 0 saturated heterocycles. The van der Waals surface area contributed by atoms with E-state index < -0.39 is 0 Å². The quantitative estimate of drug-likeness (QED) is 0.650. The van der Waals surface area contributed by atoms with E-state index in [1.807, 2.05) is 12.1 Å². The predicted molar refractivity (Wildman–Crippen MR) is 107 cm³/mol. The Kier molecular flexibility index (Phi) is 5.96. The van der Waals surface area contributed by atoms with E-state index in [1.54, 1.807) is 12.1 Å². The summed E-state index contributed by atoms with van der Waals surface area (Å²) in [5, 5.41) is 12.9. The fraction of sp³-hybridized carbons (Fsp3) is 0.300. The lowest BCUT2D eigenvalue weighted by molar-refractivity contribution is 0.295. The molecule has 1 aromatic carbocycles. The summed E-state index contributed by atoms with van der Waals surface area (Å²) < 4.78 is 14.3. The first-order chi connectivity index (χ1) is 13.6. The molecule has 0 bridgehead atoms. The molecule has 3 rings (SSSR count). The van der Waals surface area contributed by atoms with Crippen LogP contribution in [0.25, 0.3) is 10.9 Å². The topological polar surface area (TPSA) is 104 Å². The number of aromatic nitrogens is 3. The highest BCUT2D eigenvalue weighted by Crippen LogP contribution is 2.23. The number of rotatable bonds is 7. The van der Waals surface area contributed by atoms with Gasteiger partial charge in [0, 0.05) is 11.9 Å². The fourth-order valence-corrected chi connectivity index (χ4v) is 3.03. The van der Waals surface area contributed by atoms with Crippen molar-refractivity contribution >= 4 is 22.5 Å². The molecule has 0 atom stereocenters. The van der Waals surface area contributed by atoms with Crippen molar-refractivity contribution in [3.05, 3.63) is 53.2 Å². The van der Waals surface area contributed by atoms with Crippen molar-refractivity contribution in [1.29, 1.82) is 5.26 Å². The van der Waals surface area contributed by atoms with Crippen LogP contribution in [-0.4, -0.2) is 32.9 Å². The standard InChI is InChI=1S/C20H22FN7/c1-3-28(4-2)11-13-8-14-16(21)6-5-7-17(14)27-18(13)10-24-20-15(9-22)19(23)25-12-26-20/h5-8,12H,3-4,10-11H2,1-2H3,(H3,23,24,25,26). The minimum Gasteiger partial charge on any atom is -0.382 e. The summed E-state index contributed by atoms with van der Waals surface area (Å²) in [5.74, 6) is 0.183. The molecule has 2 heterocycles. The smallest absolute Gasteiger partial charge is 0.149 e. The molecule has 0 amide bonds. The molecule has 3 N–H and O–H groups in total. The Morgan fingerprint density at radius 1 is 1.25 bits per heavy atom. The molecule has 3 aromatic rings. The zero-order valence-electron chi connectivity index (χ0n) is 15.9. The highest BCUT2D eigenvalue weighted by molar-refractivity contribution is 5.80. The van der Waals surface area contributed by atoms with E-state index in [-0.39, 0.29) is 17.2 Å². The maximum absolute atomic E-state index is 14.3. The Hall–Kier alpha value is -3.31. The highest BCUT2D eigenvalue weighted by Gasteiger charge is 2.14. The lowest BCUT2D eigenvalue weighted by atomic mass is 10.1. The number of halogens is 1.